The van der Waals surface area contributed by atoms with E-state index in [9.17, 15) is 0 Å². The molecule has 82 valence electrons. The summed E-state index contributed by atoms with van der Waals surface area (Å²) in [4.78, 5) is 2.52. The smallest absolute Gasteiger partial charge is 0.0558 e. The zero-order valence-electron chi connectivity index (χ0n) is 9.12. The Hall–Kier alpha value is -0.0800. The van der Waals surface area contributed by atoms with Gasteiger partial charge in [-0.05, 0) is 38.1 Å². The molecule has 2 heteroatoms. The van der Waals surface area contributed by atoms with E-state index in [1.807, 2.05) is 0 Å². The number of hydrogen-bond donors (Lipinski definition) is 1. The standard InChI is InChI=1S/C12H23NO/c14-10-9-13-8-4-7-12(13)11-5-2-1-3-6-11/h11-12,14H,1-10H2/t12-/m1/s1. The average molecular weight is 197 g/mol. The summed E-state index contributed by atoms with van der Waals surface area (Å²) in [6.07, 6.45) is 9.93. The third-order valence-electron chi connectivity index (χ3n) is 4.00. The van der Waals surface area contributed by atoms with Crippen molar-refractivity contribution in [2.45, 2.75) is 51.0 Å². The summed E-state index contributed by atoms with van der Waals surface area (Å²) in [5.74, 6) is 0.942. The quantitative estimate of drug-likeness (QED) is 0.748. The first-order valence-corrected chi connectivity index (χ1v) is 6.26. The van der Waals surface area contributed by atoms with E-state index in [0.717, 1.165) is 18.5 Å². The Balaban J connectivity index is 1.87. The average Bonchev–Trinajstić information content (AvgIpc) is 2.68. The maximum atomic E-state index is 9.00. The van der Waals surface area contributed by atoms with Crippen molar-refractivity contribution < 1.29 is 5.11 Å². The number of aliphatic hydroxyl groups excluding tert-OH is 1. The SMILES string of the molecule is OCCN1CCC[C@@H]1C1CCCCC1. The Bertz CT molecular complexity index is 166. The zero-order chi connectivity index (χ0) is 9.80. The molecule has 0 bridgehead atoms. The van der Waals surface area contributed by atoms with Gasteiger partial charge in [-0.3, -0.25) is 4.90 Å². The first-order valence-electron chi connectivity index (χ1n) is 6.26. The molecule has 1 saturated heterocycles. The molecule has 1 heterocycles. The molecule has 14 heavy (non-hydrogen) atoms. The van der Waals surface area contributed by atoms with Crippen LogP contribution in [0.15, 0.2) is 0 Å². The van der Waals surface area contributed by atoms with Crippen LogP contribution in [0.1, 0.15) is 44.9 Å². The molecule has 1 aliphatic carbocycles. The van der Waals surface area contributed by atoms with Crippen molar-refractivity contribution >= 4 is 0 Å². The van der Waals surface area contributed by atoms with Gasteiger partial charge in [-0.25, -0.2) is 0 Å². The molecule has 0 aromatic heterocycles. The highest BCUT2D eigenvalue weighted by Gasteiger charge is 2.31. The Labute approximate surface area is 87.3 Å². The largest absolute Gasteiger partial charge is 0.395 e. The Morgan fingerprint density at radius 1 is 1.00 bits per heavy atom. The lowest BCUT2D eigenvalue weighted by Gasteiger charge is -2.33. The lowest BCUT2D eigenvalue weighted by atomic mass is 9.83. The molecule has 0 radical (unpaired) electrons. The number of β-amino-alcohol motifs (C(OH)–C–C–N with tert-alkyl or cyclic N) is 1. The van der Waals surface area contributed by atoms with E-state index in [1.165, 1.54) is 51.5 Å². The van der Waals surface area contributed by atoms with Crippen LogP contribution in [-0.4, -0.2) is 35.7 Å². The van der Waals surface area contributed by atoms with E-state index in [-0.39, 0.29) is 0 Å². The van der Waals surface area contributed by atoms with Crippen LogP contribution in [0.2, 0.25) is 0 Å². The maximum absolute atomic E-state index is 9.00. The molecule has 1 aliphatic heterocycles. The fourth-order valence-electron chi connectivity index (χ4n) is 3.31. The summed E-state index contributed by atoms with van der Waals surface area (Å²) < 4.78 is 0. The minimum atomic E-state index is 0.337. The molecule has 2 aliphatic rings. The van der Waals surface area contributed by atoms with Gasteiger partial charge in [0.05, 0.1) is 6.61 Å². The van der Waals surface area contributed by atoms with Crippen LogP contribution >= 0.6 is 0 Å². The summed E-state index contributed by atoms with van der Waals surface area (Å²) in [6, 6.07) is 0.808. The lowest BCUT2D eigenvalue weighted by Crippen LogP contribution is -2.38. The second-order valence-electron chi connectivity index (χ2n) is 4.87. The topological polar surface area (TPSA) is 23.5 Å². The Kier molecular flexibility index (Phi) is 3.82. The molecule has 0 spiro atoms. The maximum Gasteiger partial charge on any atom is 0.0558 e. The van der Waals surface area contributed by atoms with Gasteiger partial charge in [0.25, 0.3) is 0 Å². The first kappa shape index (κ1) is 10.4. The van der Waals surface area contributed by atoms with Crippen LogP contribution in [0, 0.1) is 5.92 Å². The minimum Gasteiger partial charge on any atom is -0.395 e. The van der Waals surface area contributed by atoms with Crippen molar-refractivity contribution in [2.75, 3.05) is 19.7 Å². The highest BCUT2D eigenvalue weighted by molar-refractivity contribution is 4.86. The molecule has 2 fully saturated rings. The van der Waals surface area contributed by atoms with Crippen LogP contribution in [0.4, 0.5) is 0 Å². The minimum absolute atomic E-state index is 0.337. The van der Waals surface area contributed by atoms with E-state index in [2.05, 4.69) is 4.90 Å². The van der Waals surface area contributed by atoms with Gasteiger partial charge >= 0.3 is 0 Å². The van der Waals surface area contributed by atoms with E-state index in [1.54, 1.807) is 0 Å². The van der Waals surface area contributed by atoms with Gasteiger partial charge < -0.3 is 5.11 Å². The lowest BCUT2D eigenvalue weighted by molar-refractivity contribution is 0.130. The van der Waals surface area contributed by atoms with Crippen molar-refractivity contribution in [1.29, 1.82) is 0 Å². The molecule has 0 aromatic rings. The van der Waals surface area contributed by atoms with E-state index in [4.69, 9.17) is 5.11 Å². The number of hydrogen-bond acceptors (Lipinski definition) is 2. The van der Waals surface area contributed by atoms with Gasteiger partial charge in [-0.2, -0.15) is 0 Å². The van der Waals surface area contributed by atoms with Gasteiger partial charge in [-0.1, -0.05) is 19.3 Å². The fourth-order valence-corrected chi connectivity index (χ4v) is 3.31. The summed E-state index contributed by atoms with van der Waals surface area (Å²) in [6.45, 7) is 2.46. The molecule has 0 unspecified atom stereocenters. The highest BCUT2D eigenvalue weighted by atomic mass is 16.3. The summed E-state index contributed by atoms with van der Waals surface area (Å²) in [5.41, 5.74) is 0. The molecular formula is C12H23NO. The monoisotopic (exact) mass is 197 g/mol. The number of aliphatic hydroxyl groups is 1. The van der Waals surface area contributed by atoms with Crippen LogP contribution in [-0.2, 0) is 0 Å². The summed E-state index contributed by atoms with van der Waals surface area (Å²) in [7, 11) is 0. The van der Waals surface area contributed by atoms with Crippen LogP contribution in [0.5, 0.6) is 0 Å². The van der Waals surface area contributed by atoms with E-state index >= 15 is 0 Å². The second-order valence-corrected chi connectivity index (χ2v) is 4.87. The van der Waals surface area contributed by atoms with E-state index in [0.29, 0.717) is 6.61 Å². The van der Waals surface area contributed by atoms with Crippen LogP contribution in [0.25, 0.3) is 0 Å². The van der Waals surface area contributed by atoms with Crippen molar-refractivity contribution in [3.05, 3.63) is 0 Å². The summed E-state index contributed by atoms with van der Waals surface area (Å²) >= 11 is 0. The zero-order valence-corrected chi connectivity index (χ0v) is 9.12. The molecule has 2 nitrogen and oxygen atoms in total. The van der Waals surface area contributed by atoms with Crippen molar-refractivity contribution in [3.8, 4) is 0 Å². The predicted octanol–water partition coefficient (Wildman–Crippen LogP) is 2.02. The molecule has 0 amide bonds. The first-order chi connectivity index (χ1) is 6.92. The molecule has 0 aromatic carbocycles. The molecule has 1 saturated carbocycles. The molecule has 1 atom stereocenters. The van der Waals surface area contributed by atoms with Gasteiger partial charge in [-0.15, -0.1) is 0 Å². The van der Waals surface area contributed by atoms with Gasteiger partial charge in [0, 0.05) is 12.6 Å². The normalized spacial score (nSPS) is 31.1. The third kappa shape index (κ3) is 2.29. The molecular weight excluding hydrogens is 174 g/mol. The molecule has 1 N–H and O–H groups in total. The number of likely N-dealkylation sites (tertiary alicyclic amines) is 1. The fraction of sp³-hybridized carbons (Fsp3) is 1.00. The number of nitrogens with zero attached hydrogens (tertiary/aromatic N) is 1. The highest BCUT2D eigenvalue weighted by Crippen LogP contribution is 2.33. The van der Waals surface area contributed by atoms with Crippen molar-refractivity contribution in [2.24, 2.45) is 5.92 Å². The third-order valence-corrected chi connectivity index (χ3v) is 4.00. The number of rotatable bonds is 3. The van der Waals surface area contributed by atoms with Gasteiger partial charge in [0.15, 0.2) is 0 Å². The summed E-state index contributed by atoms with van der Waals surface area (Å²) in [5, 5.41) is 9.00. The van der Waals surface area contributed by atoms with Crippen LogP contribution in [0.3, 0.4) is 0 Å². The van der Waals surface area contributed by atoms with Crippen molar-refractivity contribution in [3.63, 3.8) is 0 Å². The predicted molar refractivity (Wildman–Crippen MR) is 58.3 cm³/mol. The Morgan fingerprint density at radius 3 is 2.50 bits per heavy atom. The van der Waals surface area contributed by atoms with Crippen molar-refractivity contribution in [1.82, 2.24) is 4.90 Å². The van der Waals surface area contributed by atoms with Gasteiger partial charge in [0.2, 0.25) is 0 Å². The Morgan fingerprint density at radius 2 is 1.79 bits per heavy atom. The van der Waals surface area contributed by atoms with Gasteiger partial charge in [0.1, 0.15) is 0 Å². The second kappa shape index (κ2) is 5.13. The van der Waals surface area contributed by atoms with Crippen LogP contribution < -0.4 is 0 Å². The van der Waals surface area contributed by atoms with E-state index < -0.39 is 0 Å². The molecule has 2 rings (SSSR count).